The highest BCUT2D eigenvalue weighted by Crippen LogP contribution is 2.30. The number of benzene rings is 2. The van der Waals surface area contributed by atoms with Crippen LogP contribution in [0.4, 0.5) is 0 Å². The van der Waals surface area contributed by atoms with E-state index in [-0.39, 0.29) is 11.9 Å². The van der Waals surface area contributed by atoms with Gasteiger partial charge in [0.15, 0.2) is 0 Å². The fourth-order valence-corrected chi connectivity index (χ4v) is 2.78. The van der Waals surface area contributed by atoms with Crippen molar-refractivity contribution in [3.05, 3.63) is 54.1 Å². The van der Waals surface area contributed by atoms with Gasteiger partial charge >= 0.3 is 0 Å². The molecule has 0 saturated carbocycles. The molecule has 1 unspecified atom stereocenters. The van der Waals surface area contributed by atoms with Crippen LogP contribution in [0.15, 0.2) is 48.5 Å². The largest absolute Gasteiger partial charge is 0.493 e. The first kappa shape index (κ1) is 19.0. The molecule has 0 aliphatic rings. The predicted octanol–water partition coefficient (Wildman–Crippen LogP) is 3.98. The summed E-state index contributed by atoms with van der Waals surface area (Å²) in [4.78, 5) is 14.6. The summed E-state index contributed by atoms with van der Waals surface area (Å²) in [5, 5.41) is 9.69. The predicted molar refractivity (Wildman–Crippen MR) is 101 cm³/mol. The smallest absolute Gasteiger partial charge is 0.254 e. The summed E-state index contributed by atoms with van der Waals surface area (Å²) in [7, 11) is 0. The molecular formula is C21H27NO3. The highest BCUT2D eigenvalue weighted by molar-refractivity contribution is 5.96. The van der Waals surface area contributed by atoms with E-state index in [4.69, 9.17) is 4.74 Å². The van der Waals surface area contributed by atoms with Crippen molar-refractivity contribution in [3.8, 4) is 16.9 Å². The summed E-state index contributed by atoms with van der Waals surface area (Å²) in [6.45, 7) is 8.45. The highest BCUT2D eigenvalue weighted by Gasteiger charge is 2.20. The first-order chi connectivity index (χ1) is 11.9. The van der Waals surface area contributed by atoms with E-state index in [2.05, 4.69) is 0 Å². The summed E-state index contributed by atoms with van der Waals surface area (Å²) in [5.74, 6) is 0.728. The zero-order chi connectivity index (χ0) is 18.4. The maximum atomic E-state index is 12.9. The molecule has 0 bridgehead atoms. The Morgan fingerprint density at radius 1 is 1.12 bits per heavy atom. The van der Waals surface area contributed by atoms with Crippen LogP contribution in [0.1, 0.15) is 38.1 Å². The van der Waals surface area contributed by atoms with Gasteiger partial charge in [0, 0.05) is 23.7 Å². The normalized spacial score (nSPS) is 12.1. The van der Waals surface area contributed by atoms with E-state index < -0.39 is 6.10 Å². The van der Waals surface area contributed by atoms with Crippen LogP contribution in [0.3, 0.4) is 0 Å². The second-order valence-corrected chi connectivity index (χ2v) is 6.41. The molecule has 2 aromatic rings. The summed E-state index contributed by atoms with van der Waals surface area (Å²) in [6, 6.07) is 15.4. The number of hydrogen-bond acceptors (Lipinski definition) is 3. The van der Waals surface area contributed by atoms with Gasteiger partial charge in [0.1, 0.15) is 5.75 Å². The monoisotopic (exact) mass is 341 g/mol. The van der Waals surface area contributed by atoms with Crippen molar-refractivity contribution in [2.45, 2.75) is 39.8 Å². The second kappa shape index (κ2) is 8.67. The van der Waals surface area contributed by atoms with Crippen molar-refractivity contribution in [2.75, 3.05) is 13.2 Å². The maximum absolute atomic E-state index is 12.9. The molecule has 1 N–H and O–H groups in total. The zero-order valence-corrected chi connectivity index (χ0v) is 15.4. The molecule has 25 heavy (non-hydrogen) atoms. The van der Waals surface area contributed by atoms with Crippen LogP contribution < -0.4 is 4.74 Å². The molecule has 0 spiro atoms. The number of para-hydroxylation sites is 1. The number of hydrogen-bond donors (Lipinski definition) is 1. The third-order valence-electron chi connectivity index (χ3n) is 3.95. The average molecular weight is 341 g/mol. The van der Waals surface area contributed by atoms with E-state index in [9.17, 15) is 9.90 Å². The lowest BCUT2D eigenvalue weighted by molar-refractivity contribution is 0.0579. The van der Waals surface area contributed by atoms with Gasteiger partial charge in [0.05, 0.1) is 12.7 Å². The third kappa shape index (κ3) is 4.83. The maximum Gasteiger partial charge on any atom is 0.254 e. The number of rotatable bonds is 7. The lowest BCUT2D eigenvalue weighted by Gasteiger charge is -2.28. The molecule has 4 nitrogen and oxygen atoms in total. The topological polar surface area (TPSA) is 49.8 Å². The summed E-state index contributed by atoms with van der Waals surface area (Å²) in [5.41, 5.74) is 2.51. The number of nitrogens with zero attached hydrogens (tertiary/aromatic N) is 1. The van der Waals surface area contributed by atoms with Crippen LogP contribution in [0.25, 0.3) is 11.1 Å². The van der Waals surface area contributed by atoms with Crippen LogP contribution in [0, 0.1) is 0 Å². The molecule has 0 heterocycles. The van der Waals surface area contributed by atoms with E-state index in [0.29, 0.717) is 18.7 Å². The van der Waals surface area contributed by atoms with Crippen LogP contribution in [0.2, 0.25) is 0 Å². The Bertz CT molecular complexity index is 710. The van der Waals surface area contributed by atoms with Crippen molar-refractivity contribution in [2.24, 2.45) is 0 Å². The summed E-state index contributed by atoms with van der Waals surface area (Å²) in [6.07, 6.45) is -0.562. The minimum atomic E-state index is -0.562. The molecule has 0 aliphatic heterocycles. The van der Waals surface area contributed by atoms with E-state index in [1.807, 2.05) is 69.3 Å². The molecular weight excluding hydrogens is 314 g/mol. The summed E-state index contributed by atoms with van der Waals surface area (Å²) >= 11 is 0. The molecule has 0 aromatic heterocycles. The Balaban J connectivity index is 2.37. The number of aliphatic hydroxyl groups is 1. The molecule has 134 valence electrons. The van der Waals surface area contributed by atoms with Gasteiger partial charge < -0.3 is 14.7 Å². The standard InChI is InChI=1S/C21H27NO3/c1-5-25-20-12-7-6-11-19(20)17-9-8-10-18(13-17)21(24)22(15(2)3)14-16(4)23/h6-13,15-16,23H,5,14H2,1-4H3. The summed E-state index contributed by atoms with van der Waals surface area (Å²) < 4.78 is 5.70. The minimum absolute atomic E-state index is 0.0152. The van der Waals surface area contributed by atoms with Gasteiger partial charge in [-0.25, -0.2) is 0 Å². The fourth-order valence-electron chi connectivity index (χ4n) is 2.78. The number of amides is 1. The van der Waals surface area contributed by atoms with E-state index >= 15 is 0 Å². The van der Waals surface area contributed by atoms with Crippen LogP contribution >= 0.6 is 0 Å². The number of ether oxygens (including phenoxy) is 1. The Morgan fingerprint density at radius 2 is 1.84 bits per heavy atom. The molecule has 0 aliphatic carbocycles. The van der Waals surface area contributed by atoms with Gasteiger partial charge in [-0.3, -0.25) is 4.79 Å². The Hall–Kier alpha value is -2.33. The van der Waals surface area contributed by atoms with Gasteiger partial charge in [-0.2, -0.15) is 0 Å². The lowest BCUT2D eigenvalue weighted by atomic mass is 10.0. The van der Waals surface area contributed by atoms with Crippen molar-refractivity contribution in [3.63, 3.8) is 0 Å². The molecule has 1 atom stereocenters. The van der Waals surface area contributed by atoms with Gasteiger partial charge in [-0.05, 0) is 51.5 Å². The molecule has 2 aromatic carbocycles. The molecule has 2 rings (SSSR count). The lowest BCUT2D eigenvalue weighted by Crippen LogP contribution is -2.41. The van der Waals surface area contributed by atoms with Crippen molar-refractivity contribution < 1.29 is 14.6 Å². The van der Waals surface area contributed by atoms with Gasteiger partial charge in [0.2, 0.25) is 0 Å². The quantitative estimate of drug-likeness (QED) is 0.828. The van der Waals surface area contributed by atoms with E-state index in [1.54, 1.807) is 11.8 Å². The molecule has 4 heteroatoms. The van der Waals surface area contributed by atoms with E-state index in [0.717, 1.165) is 16.9 Å². The SMILES string of the molecule is CCOc1ccccc1-c1cccc(C(=O)N(CC(C)O)C(C)C)c1. The van der Waals surface area contributed by atoms with Crippen LogP contribution in [-0.4, -0.2) is 41.2 Å². The molecule has 0 fully saturated rings. The Labute approximate surface area is 150 Å². The first-order valence-electron chi connectivity index (χ1n) is 8.75. The number of carbonyl (C=O) groups excluding carboxylic acids is 1. The fraction of sp³-hybridized carbons (Fsp3) is 0.381. The van der Waals surface area contributed by atoms with Crippen LogP contribution in [-0.2, 0) is 0 Å². The van der Waals surface area contributed by atoms with Crippen LogP contribution in [0.5, 0.6) is 5.75 Å². The Morgan fingerprint density at radius 3 is 2.48 bits per heavy atom. The van der Waals surface area contributed by atoms with Gasteiger partial charge in [-0.1, -0.05) is 30.3 Å². The van der Waals surface area contributed by atoms with Crippen molar-refractivity contribution in [1.82, 2.24) is 4.90 Å². The number of aliphatic hydroxyl groups excluding tert-OH is 1. The number of carbonyl (C=O) groups is 1. The van der Waals surface area contributed by atoms with Gasteiger partial charge in [0.25, 0.3) is 5.91 Å². The molecule has 0 saturated heterocycles. The molecule has 0 radical (unpaired) electrons. The third-order valence-corrected chi connectivity index (χ3v) is 3.95. The minimum Gasteiger partial charge on any atom is -0.493 e. The van der Waals surface area contributed by atoms with Gasteiger partial charge in [-0.15, -0.1) is 0 Å². The average Bonchev–Trinajstić information content (AvgIpc) is 2.59. The first-order valence-corrected chi connectivity index (χ1v) is 8.75. The zero-order valence-electron chi connectivity index (χ0n) is 15.4. The Kier molecular flexibility index (Phi) is 6.59. The highest BCUT2D eigenvalue weighted by atomic mass is 16.5. The van der Waals surface area contributed by atoms with Crippen molar-refractivity contribution in [1.29, 1.82) is 0 Å². The van der Waals surface area contributed by atoms with E-state index in [1.165, 1.54) is 0 Å². The second-order valence-electron chi connectivity index (χ2n) is 6.41. The molecule has 1 amide bonds. The van der Waals surface area contributed by atoms with Crippen molar-refractivity contribution >= 4 is 5.91 Å².